The molecule has 1 aliphatic rings. The first-order valence-corrected chi connectivity index (χ1v) is 10.5. The number of hydrogen-bond acceptors (Lipinski definition) is 5. The Morgan fingerprint density at radius 2 is 1.79 bits per heavy atom. The van der Waals surface area contributed by atoms with E-state index in [1.165, 1.54) is 30.3 Å². The minimum Gasteiger partial charge on any atom is -0.459 e. The van der Waals surface area contributed by atoms with E-state index >= 15 is 0 Å². The topological polar surface area (TPSA) is 78.3 Å². The predicted molar refractivity (Wildman–Crippen MR) is 109 cm³/mol. The molecule has 0 saturated heterocycles. The molecule has 2 rings (SSSR count). The number of fused-ring (bicyclic) bond motifs is 1. The highest BCUT2D eigenvalue weighted by molar-refractivity contribution is 6.07. The van der Waals surface area contributed by atoms with Gasteiger partial charge in [-0.2, -0.15) is 0 Å². The lowest BCUT2D eigenvalue weighted by atomic mass is 9.95. The molecule has 0 bridgehead atoms. The third-order valence-electron chi connectivity index (χ3n) is 5.12. The third kappa shape index (κ3) is 5.52. The van der Waals surface area contributed by atoms with Crippen molar-refractivity contribution in [3.63, 3.8) is 0 Å². The molecule has 0 amide bonds. The Bertz CT molecular complexity index is 774. The van der Waals surface area contributed by atoms with Gasteiger partial charge in [0.2, 0.25) is 5.78 Å². The van der Waals surface area contributed by atoms with E-state index in [9.17, 15) is 14.4 Å². The number of ketones is 1. The maximum absolute atomic E-state index is 12.9. The van der Waals surface area contributed by atoms with Crippen LogP contribution < -0.4 is 5.56 Å². The monoisotopic (exact) mass is 390 g/mol. The fraction of sp³-hybridized carbons (Fsp3) is 0.727. The van der Waals surface area contributed by atoms with Gasteiger partial charge in [-0.15, -0.1) is 0 Å². The molecule has 156 valence electrons. The van der Waals surface area contributed by atoms with Gasteiger partial charge in [-0.25, -0.2) is 4.98 Å². The lowest BCUT2D eigenvalue weighted by molar-refractivity contribution is -0.158. The summed E-state index contributed by atoms with van der Waals surface area (Å²) in [6.45, 7) is 9.60. The summed E-state index contributed by atoms with van der Waals surface area (Å²) in [5.74, 6) is -1.73. The van der Waals surface area contributed by atoms with Gasteiger partial charge in [0.25, 0.3) is 5.56 Å². The van der Waals surface area contributed by atoms with E-state index in [4.69, 9.17) is 4.74 Å². The van der Waals surface area contributed by atoms with Crippen LogP contribution in [0.15, 0.2) is 4.79 Å². The van der Waals surface area contributed by atoms with E-state index in [-0.39, 0.29) is 17.8 Å². The summed E-state index contributed by atoms with van der Waals surface area (Å²) in [4.78, 5) is 42.5. The van der Waals surface area contributed by atoms with Gasteiger partial charge >= 0.3 is 5.97 Å². The molecular weight excluding hydrogens is 356 g/mol. The Hall–Kier alpha value is -1.98. The summed E-state index contributed by atoms with van der Waals surface area (Å²) in [6, 6.07) is 0. The summed E-state index contributed by atoms with van der Waals surface area (Å²) in [6.07, 6.45) is 7.90. The lowest BCUT2D eigenvalue weighted by Crippen LogP contribution is -2.42. The molecule has 0 aliphatic carbocycles. The quantitative estimate of drug-likeness (QED) is 0.381. The van der Waals surface area contributed by atoms with E-state index in [0.717, 1.165) is 12.8 Å². The number of rotatable bonds is 8. The highest BCUT2D eigenvalue weighted by Gasteiger charge is 2.38. The molecule has 1 aromatic rings. The number of esters is 1. The smallest absolute Gasteiger partial charge is 0.317 e. The number of aromatic nitrogens is 2. The van der Waals surface area contributed by atoms with Crippen molar-refractivity contribution >= 4 is 11.8 Å². The molecule has 1 aliphatic heterocycles. The lowest BCUT2D eigenvalue weighted by Gasteiger charge is -2.27. The van der Waals surface area contributed by atoms with Crippen LogP contribution in [0.4, 0.5) is 0 Å². The van der Waals surface area contributed by atoms with Gasteiger partial charge in [0.1, 0.15) is 11.5 Å². The van der Waals surface area contributed by atoms with Gasteiger partial charge in [-0.1, -0.05) is 39.0 Å². The molecule has 0 saturated carbocycles. The molecule has 2 heterocycles. The Morgan fingerprint density at radius 3 is 2.43 bits per heavy atom. The van der Waals surface area contributed by atoms with E-state index < -0.39 is 23.3 Å². The molecule has 6 heteroatoms. The van der Waals surface area contributed by atoms with Crippen molar-refractivity contribution < 1.29 is 14.3 Å². The first-order chi connectivity index (χ1) is 13.2. The summed E-state index contributed by atoms with van der Waals surface area (Å²) < 4.78 is 6.81. The Balaban J connectivity index is 2.12. The van der Waals surface area contributed by atoms with Crippen molar-refractivity contribution in [1.29, 1.82) is 0 Å². The second kappa shape index (κ2) is 9.48. The Labute approximate surface area is 167 Å². The van der Waals surface area contributed by atoms with Gasteiger partial charge in [-0.3, -0.25) is 19.0 Å². The van der Waals surface area contributed by atoms with Crippen LogP contribution in [0.2, 0.25) is 0 Å². The molecule has 6 nitrogen and oxygen atoms in total. The molecule has 0 radical (unpaired) electrons. The van der Waals surface area contributed by atoms with E-state index in [0.29, 0.717) is 24.2 Å². The van der Waals surface area contributed by atoms with Crippen LogP contribution in [0.1, 0.15) is 94.5 Å². The van der Waals surface area contributed by atoms with Crippen LogP contribution in [-0.2, 0) is 22.5 Å². The molecule has 0 fully saturated rings. The van der Waals surface area contributed by atoms with Crippen LogP contribution in [0.3, 0.4) is 0 Å². The van der Waals surface area contributed by atoms with Crippen molar-refractivity contribution in [2.24, 2.45) is 5.92 Å². The summed E-state index contributed by atoms with van der Waals surface area (Å²) in [5.41, 5.74) is 0.511. The zero-order chi connectivity index (χ0) is 20.9. The van der Waals surface area contributed by atoms with Gasteiger partial charge < -0.3 is 4.74 Å². The Kier molecular flexibility index (Phi) is 7.55. The number of nitrogens with zero attached hydrogens (tertiary/aromatic N) is 2. The van der Waals surface area contributed by atoms with Crippen LogP contribution in [0.25, 0.3) is 0 Å². The standard InChI is InChI=1S/C22H34N2O4/c1-6-7-8-9-10-11-12-16-15(2)23-19-18(25)17(13-14-24(19)20(16)26)21(27)28-22(3,4)5/h17H,6-14H2,1-5H3. The number of aryl methyl sites for hydroxylation is 1. The second-order valence-corrected chi connectivity index (χ2v) is 8.71. The van der Waals surface area contributed by atoms with Gasteiger partial charge in [0, 0.05) is 17.8 Å². The number of carbonyl (C=O) groups excluding carboxylic acids is 2. The molecule has 28 heavy (non-hydrogen) atoms. The van der Waals surface area contributed by atoms with E-state index in [1.54, 1.807) is 27.7 Å². The first-order valence-electron chi connectivity index (χ1n) is 10.5. The zero-order valence-corrected chi connectivity index (χ0v) is 18.0. The number of Topliss-reactive ketones (excluding diaryl/α,β-unsaturated/α-hetero) is 1. The largest absolute Gasteiger partial charge is 0.459 e. The molecule has 0 aromatic carbocycles. The highest BCUT2D eigenvalue weighted by atomic mass is 16.6. The summed E-state index contributed by atoms with van der Waals surface area (Å²) >= 11 is 0. The highest BCUT2D eigenvalue weighted by Crippen LogP contribution is 2.23. The average molecular weight is 391 g/mol. The van der Waals surface area contributed by atoms with Crippen molar-refractivity contribution in [2.45, 2.75) is 98.1 Å². The van der Waals surface area contributed by atoms with Gasteiger partial charge in [0.15, 0.2) is 5.82 Å². The number of carbonyl (C=O) groups is 2. The molecule has 1 aromatic heterocycles. The van der Waals surface area contributed by atoms with Crippen molar-refractivity contribution in [3.05, 3.63) is 27.4 Å². The maximum atomic E-state index is 12.9. The van der Waals surface area contributed by atoms with Crippen molar-refractivity contribution in [3.8, 4) is 0 Å². The fourth-order valence-corrected chi connectivity index (χ4v) is 3.61. The minimum atomic E-state index is -0.880. The predicted octanol–water partition coefficient (Wildman–Crippen LogP) is 4.00. The maximum Gasteiger partial charge on any atom is 0.317 e. The second-order valence-electron chi connectivity index (χ2n) is 8.71. The fourth-order valence-electron chi connectivity index (χ4n) is 3.61. The summed E-state index contributed by atoms with van der Waals surface area (Å²) in [7, 11) is 0. The van der Waals surface area contributed by atoms with E-state index in [2.05, 4.69) is 11.9 Å². The molecular formula is C22H34N2O4. The van der Waals surface area contributed by atoms with Crippen LogP contribution in [0.5, 0.6) is 0 Å². The SMILES string of the molecule is CCCCCCCCc1c(C)nc2n(c1=O)CCC(C(=O)OC(C)(C)C)C2=O. The molecule has 0 N–H and O–H groups in total. The zero-order valence-electron chi connectivity index (χ0n) is 18.0. The Morgan fingerprint density at radius 1 is 1.14 bits per heavy atom. The van der Waals surface area contributed by atoms with Crippen molar-refractivity contribution in [1.82, 2.24) is 9.55 Å². The third-order valence-corrected chi connectivity index (χ3v) is 5.12. The van der Waals surface area contributed by atoms with Crippen LogP contribution >= 0.6 is 0 Å². The normalized spacial score (nSPS) is 16.8. The van der Waals surface area contributed by atoms with Gasteiger partial charge in [0.05, 0.1) is 0 Å². The number of unbranched alkanes of at least 4 members (excludes halogenated alkanes) is 5. The molecule has 1 unspecified atom stereocenters. The number of hydrogen-bond donors (Lipinski definition) is 0. The van der Waals surface area contributed by atoms with Crippen LogP contribution in [0, 0.1) is 12.8 Å². The average Bonchev–Trinajstić information content (AvgIpc) is 2.59. The summed E-state index contributed by atoms with van der Waals surface area (Å²) in [5, 5.41) is 0. The molecule has 0 spiro atoms. The van der Waals surface area contributed by atoms with E-state index in [1.807, 2.05) is 0 Å². The first kappa shape index (κ1) is 22.3. The van der Waals surface area contributed by atoms with Gasteiger partial charge in [-0.05, 0) is 47.0 Å². The van der Waals surface area contributed by atoms with Crippen molar-refractivity contribution in [2.75, 3.05) is 0 Å². The van der Waals surface area contributed by atoms with Crippen LogP contribution in [-0.4, -0.2) is 26.9 Å². The number of ether oxygens (including phenoxy) is 1. The minimum absolute atomic E-state index is 0.0938. The molecule has 1 atom stereocenters.